The summed E-state index contributed by atoms with van der Waals surface area (Å²) >= 11 is 1.76. The van der Waals surface area contributed by atoms with Gasteiger partial charge in [-0.05, 0) is 37.8 Å². The van der Waals surface area contributed by atoms with Gasteiger partial charge in [0.2, 0.25) is 5.91 Å². The van der Waals surface area contributed by atoms with Crippen molar-refractivity contribution in [3.05, 3.63) is 29.3 Å². The highest BCUT2D eigenvalue weighted by Crippen LogP contribution is 2.22. The van der Waals surface area contributed by atoms with Crippen molar-refractivity contribution in [2.24, 2.45) is 0 Å². The van der Waals surface area contributed by atoms with Gasteiger partial charge < -0.3 is 5.32 Å². The summed E-state index contributed by atoms with van der Waals surface area (Å²) in [5.74, 6) is 0.183. The lowest BCUT2D eigenvalue weighted by Gasteiger charge is -2.03. The normalized spacial score (nSPS) is 10.8. The number of hydrogen-bond acceptors (Lipinski definition) is 3. The van der Waals surface area contributed by atoms with Crippen LogP contribution < -0.4 is 5.32 Å². The molecular formula is C16H22N2OS. The summed E-state index contributed by atoms with van der Waals surface area (Å²) in [4.78, 5) is 16.2. The largest absolute Gasteiger partial charge is 0.356 e. The average molecular weight is 290 g/mol. The fourth-order valence-electron chi connectivity index (χ4n) is 2.08. The fourth-order valence-corrected chi connectivity index (χ4v) is 3.09. The maximum Gasteiger partial charge on any atom is 0.219 e. The number of unbranched alkanes of at least 4 members (excludes halogenated alkanes) is 2. The highest BCUT2D eigenvalue weighted by atomic mass is 32.1. The first-order valence-corrected chi connectivity index (χ1v) is 8.22. The van der Waals surface area contributed by atoms with Gasteiger partial charge in [-0.1, -0.05) is 25.5 Å². The van der Waals surface area contributed by atoms with Gasteiger partial charge in [0, 0.05) is 13.0 Å². The van der Waals surface area contributed by atoms with Crippen LogP contribution in [0.25, 0.3) is 10.2 Å². The van der Waals surface area contributed by atoms with Crippen LogP contribution in [0.5, 0.6) is 0 Å². The van der Waals surface area contributed by atoms with E-state index >= 15 is 0 Å². The second-order valence-electron chi connectivity index (χ2n) is 4.99. The number of nitrogens with one attached hydrogen (secondary N) is 1. The first kappa shape index (κ1) is 15.0. The van der Waals surface area contributed by atoms with E-state index < -0.39 is 0 Å². The first-order chi connectivity index (χ1) is 9.79. The number of hydrogen-bond donors (Lipinski definition) is 1. The molecule has 0 aliphatic carbocycles. The number of para-hydroxylation sites is 1. The predicted octanol–water partition coefficient (Wildman–Crippen LogP) is 3.93. The van der Waals surface area contributed by atoms with Crippen LogP contribution in [0.2, 0.25) is 0 Å². The number of carbonyl (C=O) groups excluding carboxylic acids is 1. The zero-order valence-electron chi connectivity index (χ0n) is 12.0. The monoisotopic (exact) mass is 290 g/mol. The van der Waals surface area contributed by atoms with Crippen molar-refractivity contribution in [3.8, 4) is 0 Å². The van der Waals surface area contributed by atoms with Gasteiger partial charge in [-0.25, -0.2) is 4.98 Å². The molecule has 0 saturated heterocycles. The summed E-state index contributed by atoms with van der Waals surface area (Å²) in [5.41, 5.74) is 1.09. The van der Waals surface area contributed by atoms with Crippen molar-refractivity contribution in [1.29, 1.82) is 0 Å². The molecule has 108 valence electrons. The third-order valence-corrected chi connectivity index (χ3v) is 4.33. The van der Waals surface area contributed by atoms with Crippen LogP contribution in [0.3, 0.4) is 0 Å². The first-order valence-electron chi connectivity index (χ1n) is 7.40. The van der Waals surface area contributed by atoms with Crippen LogP contribution in [0.1, 0.15) is 44.0 Å². The molecule has 1 N–H and O–H groups in total. The van der Waals surface area contributed by atoms with Crippen molar-refractivity contribution >= 4 is 27.5 Å². The smallest absolute Gasteiger partial charge is 0.219 e. The van der Waals surface area contributed by atoms with Gasteiger partial charge in [-0.3, -0.25) is 4.79 Å². The zero-order valence-corrected chi connectivity index (χ0v) is 12.8. The van der Waals surface area contributed by atoms with Gasteiger partial charge in [-0.15, -0.1) is 11.3 Å². The van der Waals surface area contributed by atoms with Gasteiger partial charge in [0.15, 0.2) is 0 Å². The van der Waals surface area contributed by atoms with Gasteiger partial charge in [0.25, 0.3) is 0 Å². The van der Waals surface area contributed by atoms with Crippen LogP contribution in [-0.2, 0) is 11.2 Å². The molecule has 0 spiro atoms. The van der Waals surface area contributed by atoms with Crippen molar-refractivity contribution in [2.75, 3.05) is 6.54 Å². The number of amides is 1. The fraction of sp³-hybridized carbons (Fsp3) is 0.500. The lowest BCUT2D eigenvalue weighted by atomic mass is 10.2. The number of aromatic nitrogens is 1. The minimum atomic E-state index is 0.183. The Morgan fingerprint density at radius 1 is 1.25 bits per heavy atom. The van der Waals surface area contributed by atoms with E-state index in [1.807, 2.05) is 12.1 Å². The Labute approximate surface area is 124 Å². The molecule has 1 aromatic carbocycles. The molecule has 1 heterocycles. The van der Waals surface area contributed by atoms with E-state index in [4.69, 9.17) is 0 Å². The van der Waals surface area contributed by atoms with E-state index in [9.17, 15) is 4.79 Å². The highest BCUT2D eigenvalue weighted by Gasteiger charge is 2.04. The second kappa shape index (κ2) is 8.00. The summed E-state index contributed by atoms with van der Waals surface area (Å²) in [5, 5.41) is 4.13. The maximum atomic E-state index is 11.5. The zero-order chi connectivity index (χ0) is 14.2. The molecule has 2 rings (SSSR count). The van der Waals surface area contributed by atoms with E-state index in [0.717, 1.165) is 44.2 Å². The van der Waals surface area contributed by atoms with Crippen LogP contribution in [-0.4, -0.2) is 17.4 Å². The molecule has 0 aliphatic heterocycles. The number of benzene rings is 1. The van der Waals surface area contributed by atoms with E-state index in [-0.39, 0.29) is 5.91 Å². The molecule has 1 amide bonds. The van der Waals surface area contributed by atoms with Gasteiger partial charge in [-0.2, -0.15) is 0 Å². The number of fused-ring (bicyclic) bond motifs is 1. The molecule has 20 heavy (non-hydrogen) atoms. The third kappa shape index (κ3) is 4.60. The minimum absolute atomic E-state index is 0.183. The number of nitrogens with zero attached hydrogens (tertiary/aromatic N) is 1. The molecule has 0 radical (unpaired) electrons. The summed E-state index contributed by atoms with van der Waals surface area (Å²) in [6.45, 7) is 2.94. The van der Waals surface area contributed by atoms with Crippen molar-refractivity contribution in [2.45, 2.75) is 45.4 Å². The molecule has 0 fully saturated rings. The van der Waals surface area contributed by atoms with Gasteiger partial charge in [0.1, 0.15) is 0 Å². The summed E-state index contributed by atoms with van der Waals surface area (Å²) in [6, 6.07) is 8.23. The Balaban J connectivity index is 1.67. The quantitative estimate of drug-likeness (QED) is 0.749. The molecule has 0 atom stereocenters. The molecule has 2 aromatic rings. The topological polar surface area (TPSA) is 42.0 Å². The van der Waals surface area contributed by atoms with Crippen LogP contribution in [0, 0.1) is 0 Å². The molecule has 0 unspecified atom stereocenters. The second-order valence-corrected chi connectivity index (χ2v) is 6.10. The van der Waals surface area contributed by atoms with E-state index in [2.05, 4.69) is 29.4 Å². The van der Waals surface area contributed by atoms with Crippen LogP contribution in [0.4, 0.5) is 0 Å². The molecule has 4 heteroatoms. The molecule has 1 aromatic heterocycles. The Bertz CT molecular complexity index is 517. The Morgan fingerprint density at radius 2 is 2.10 bits per heavy atom. The molecule has 3 nitrogen and oxygen atoms in total. The number of thiazole rings is 1. The van der Waals surface area contributed by atoms with E-state index in [1.54, 1.807) is 11.3 Å². The summed E-state index contributed by atoms with van der Waals surface area (Å²) in [6.07, 6.45) is 5.76. The van der Waals surface area contributed by atoms with Gasteiger partial charge in [0.05, 0.1) is 15.2 Å². The Kier molecular flexibility index (Phi) is 5.99. The van der Waals surface area contributed by atoms with Crippen molar-refractivity contribution < 1.29 is 4.79 Å². The Morgan fingerprint density at radius 3 is 2.90 bits per heavy atom. The minimum Gasteiger partial charge on any atom is -0.356 e. The summed E-state index contributed by atoms with van der Waals surface area (Å²) < 4.78 is 1.25. The summed E-state index contributed by atoms with van der Waals surface area (Å²) in [7, 11) is 0. The van der Waals surface area contributed by atoms with Gasteiger partial charge >= 0.3 is 0 Å². The highest BCUT2D eigenvalue weighted by molar-refractivity contribution is 7.18. The third-order valence-electron chi connectivity index (χ3n) is 3.24. The number of rotatable bonds is 8. The number of aryl methyl sites for hydroxylation is 1. The maximum absolute atomic E-state index is 11.5. The molecular weight excluding hydrogens is 268 g/mol. The molecule has 0 aliphatic rings. The van der Waals surface area contributed by atoms with E-state index in [0.29, 0.717) is 6.42 Å². The van der Waals surface area contributed by atoms with E-state index in [1.165, 1.54) is 9.71 Å². The Hall–Kier alpha value is -1.42. The number of carbonyl (C=O) groups is 1. The lowest BCUT2D eigenvalue weighted by Crippen LogP contribution is -2.23. The molecule has 0 saturated carbocycles. The predicted molar refractivity (Wildman–Crippen MR) is 85.1 cm³/mol. The standard InChI is InChI=1S/C16H22N2OS/c1-2-3-12-17-15(19)10-6-7-11-16-18-13-8-4-5-9-14(13)20-16/h4-5,8-9H,2-3,6-7,10-12H2,1H3,(H,17,19). The average Bonchev–Trinajstić information content (AvgIpc) is 2.86. The SMILES string of the molecule is CCCCNC(=O)CCCCc1nc2ccccc2s1. The lowest BCUT2D eigenvalue weighted by molar-refractivity contribution is -0.121. The van der Waals surface area contributed by atoms with Crippen LogP contribution >= 0.6 is 11.3 Å². The van der Waals surface area contributed by atoms with Crippen molar-refractivity contribution in [3.63, 3.8) is 0 Å². The van der Waals surface area contributed by atoms with Crippen molar-refractivity contribution in [1.82, 2.24) is 10.3 Å². The molecule has 0 bridgehead atoms. The van der Waals surface area contributed by atoms with Crippen LogP contribution in [0.15, 0.2) is 24.3 Å².